The highest BCUT2D eigenvalue weighted by molar-refractivity contribution is 7.88. The summed E-state index contributed by atoms with van der Waals surface area (Å²) in [6.45, 7) is 8.48. The number of hydrogen-bond donors (Lipinski definition) is 1. The van der Waals surface area contributed by atoms with Gasteiger partial charge in [0.1, 0.15) is 0 Å². The van der Waals surface area contributed by atoms with Crippen LogP contribution < -0.4 is 10.2 Å². The van der Waals surface area contributed by atoms with Crippen LogP contribution in [0.1, 0.15) is 24.0 Å². The maximum atomic E-state index is 11.7. The van der Waals surface area contributed by atoms with Gasteiger partial charge in [0.05, 0.1) is 19.0 Å². The van der Waals surface area contributed by atoms with Gasteiger partial charge in [0.15, 0.2) is 0 Å². The molecule has 7 heteroatoms. The van der Waals surface area contributed by atoms with Gasteiger partial charge in [-0.3, -0.25) is 0 Å². The van der Waals surface area contributed by atoms with Crippen molar-refractivity contribution in [2.24, 2.45) is 0 Å². The first-order valence-electron chi connectivity index (χ1n) is 9.44. The molecule has 0 radical (unpaired) electrons. The number of nitrogens with zero attached hydrogens (tertiary/aromatic N) is 2. The molecule has 3 rings (SSSR count). The second-order valence-electron chi connectivity index (χ2n) is 7.63. The number of piperidine rings is 1. The molecular formula is C19H31N3O3S. The Balaban J connectivity index is 1.45. The van der Waals surface area contributed by atoms with E-state index in [2.05, 4.69) is 42.3 Å². The SMILES string of the molecule is Cc1cc(C)cc(N2CCC(NCC3CN(S(C)(=O)=O)CCO3)CC2)c1. The molecule has 2 saturated heterocycles. The molecule has 2 fully saturated rings. The number of anilines is 1. The van der Waals surface area contributed by atoms with Gasteiger partial charge in [-0.05, 0) is 49.9 Å². The molecule has 1 aromatic rings. The summed E-state index contributed by atoms with van der Waals surface area (Å²) in [5, 5.41) is 3.58. The van der Waals surface area contributed by atoms with Gasteiger partial charge in [-0.2, -0.15) is 4.31 Å². The average molecular weight is 382 g/mol. The molecule has 0 saturated carbocycles. The van der Waals surface area contributed by atoms with Gasteiger partial charge in [-0.15, -0.1) is 0 Å². The lowest BCUT2D eigenvalue weighted by molar-refractivity contribution is -0.00166. The number of nitrogens with one attached hydrogen (secondary N) is 1. The number of morpholine rings is 1. The van der Waals surface area contributed by atoms with Crippen molar-refractivity contribution in [1.29, 1.82) is 0 Å². The molecule has 1 unspecified atom stereocenters. The van der Waals surface area contributed by atoms with E-state index in [0.29, 0.717) is 32.3 Å². The van der Waals surface area contributed by atoms with Crippen LogP contribution in [-0.4, -0.2) is 70.5 Å². The molecule has 0 bridgehead atoms. The van der Waals surface area contributed by atoms with Crippen LogP contribution >= 0.6 is 0 Å². The summed E-state index contributed by atoms with van der Waals surface area (Å²) in [6.07, 6.45) is 3.40. The number of benzene rings is 1. The van der Waals surface area contributed by atoms with Crippen molar-refractivity contribution in [1.82, 2.24) is 9.62 Å². The number of aryl methyl sites for hydroxylation is 2. The largest absolute Gasteiger partial charge is 0.374 e. The average Bonchev–Trinajstić information content (AvgIpc) is 2.59. The maximum absolute atomic E-state index is 11.7. The van der Waals surface area contributed by atoms with Crippen LogP contribution in [0.3, 0.4) is 0 Å². The minimum Gasteiger partial charge on any atom is -0.374 e. The number of ether oxygens (including phenoxy) is 1. The Morgan fingerprint density at radius 2 is 1.77 bits per heavy atom. The van der Waals surface area contributed by atoms with E-state index in [0.717, 1.165) is 25.9 Å². The zero-order valence-corrected chi connectivity index (χ0v) is 16.9. The first-order chi connectivity index (χ1) is 12.3. The first kappa shape index (κ1) is 19.6. The molecule has 0 amide bonds. The third kappa shape index (κ3) is 5.19. The van der Waals surface area contributed by atoms with Crippen LogP contribution in [0.2, 0.25) is 0 Å². The van der Waals surface area contributed by atoms with Gasteiger partial charge in [0, 0.05) is 44.5 Å². The fourth-order valence-corrected chi connectivity index (χ4v) is 4.73. The highest BCUT2D eigenvalue weighted by atomic mass is 32.2. The standard InChI is InChI=1S/C19H31N3O3S/c1-15-10-16(2)12-18(11-15)21-6-4-17(5-7-21)20-13-19-14-22(8-9-25-19)26(3,23)24/h10-12,17,19-20H,4-9,13-14H2,1-3H3. The molecule has 0 aromatic heterocycles. The van der Waals surface area contributed by atoms with E-state index in [1.807, 2.05) is 0 Å². The van der Waals surface area contributed by atoms with E-state index in [4.69, 9.17) is 4.74 Å². The summed E-state index contributed by atoms with van der Waals surface area (Å²) < 4.78 is 30.7. The molecule has 2 aliphatic heterocycles. The van der Waals surface area contributed by atoms with E-state index < -0.39 is 10.0 Å². The lowest BCUT2D eigenvalue weighted by atomic mass is 10.0. The van der Waals surface area contributed by atoms with Crippen molar-refractivity contribution in [3.05, 3.63) is 29.3 Å². The van der Waals surface area contributed by atoms with Crippen molar-refractivity contribution >= 4 is 15.7 Å². The molecular weight excluding hydrogens is 350 g/mol. The molecule has 1 atom stereocenters. The number of sulfonamides is 1. The summed E-state index contributed by atoms with van der Waals surface area (Å²) in [7, 11) is -3.13. The summed E-state index contributed by atoms with van der Waals surface area (Å²) in [6, 6.07) is 7.20. The van der Waals surface area contributed by atoms with Gasteiger partial charge < -0.3 is 15.0 Å². The van der Waals surface area contributed by atoms with E-state index >= 15 is 0 Å². The Labute approximate surface area is 157 Å². The van der Waals surface area contributed by atoms with Gasteiger partial charge in [-0.1, -0.05) is 6.07 Å². The second kappa shape index (κ2) is 8.25. The van der Waals surface area contributed by atoms with Crippen molar-refractivity contribution in [2.75, 3.05) is 50.5 Å². The molecule has 26 heavy (non-hydrogen) atoms. The third-order valence-corrected chi connectivity index (χ3v) is 6.54. The number of hydrogen-bond acceptors (Lipinski definition) is 5. The maximum Gasteiger partial charge on any atom is 0.211 e. The second-order valence-corrected chi connectivity index (χ2v) is 9.61. The quantitative estimate of drug-likeness (QED) is 0.838. The Morgan fingerprint density at radius 3 is 2.38 bits per heavy atom. The zero-order chi connectivity index (χ0) is 18.7. The normalized spacial score (nSPS) is 23.3. The van der Waals surface area contributed by atoms with E-state index in [9.17, 15) is 8.42 Å². The van der Waals surface area contributed by atoms with Gasteiger partial charge in [0.25, 0.3) is 0 Å². The monoisotopic (exact) mass is 381 g/mol. The lowest BCUT2D eigenvalue weighted by Gasteiger charge is -2.36. The van der Waals surface area contributed by atoms with Crippen LogP contribution in [0.4, 0.5) is 5.69 Å². The van der Waals surface area contributed by atoms with Crippen LogP contribution in [0.25, 0.3) is 0 Å². The molecule has 146 valence electrons. The molecule has 0 aliphatic carbocycles. The highest BCUT2D eigenvalue weighted by Gasteiger charge is 2.27. The van der Waals surface area contributed by atoms with Gasteiger partial charge >= 0.3 is 0 Å². The molecule has 6 nitrogen and oxygen atoms in total. The minimum atomic E-state index is -3.13. The van der Waals surface area contributed by atoms with E-state index in [1.54, 1.807) is 0 Å². The summed E-state index contributed by atoms with van der Waals surface area (Å²) in [5.41, 5.74) is 3.94. The van der Waals surface area contributed by atoms with E-state index in [-0.39, 0.29) is 6.10 Å². The van der Waals surface area contributed by atoms with Gasteiger partial charge in [0.2, 0.25) is 10.0 Å². The van der Waals surface area contributed by atoms with E-state index in [1.165, 1.54) is 27.4 Å². The summed E-state index contributed by atoms with van der Waals surface area (Å²) in [4.78, 5) is 2.46. The molecule has 2 aliphatic rings. The van der Waals surface area contributed by atoms with Crippen LogP contribution in [0, 0.1) is 13.8 Å². The smallest absolute Gasteiger partial charge is 0.211 e. The summed E-state index contributed by atoms with van der Waals surface area (Å²) >= 11 is 0. The minimum absolute atomic E-state index is 0.0593. The zero-order valence-electron chi connectivity index (χ0n) is 16.1. The Kier molecular flexibility index (Phi) is 6.22. The van der Waals surface area contributed by atoms with Crippen molar-refractivity contribution in [3.63, 3.8) is 0 Å². The highest BCUT2D eigenvalue weighted by Crippen LogP contribution is 2.23. The summed E-state index contributed by atoms with van der Waals surface area (Å²) in [5.74, 6) is 0. The fraction of sp³-hybridized carbons (Fsp3) is 0.684. The molecule has 0 spiro atoms. The predicted octanol–water partition coefficient (Wildman–Crippen LogP) is 1.52. The van der Waals surface area contributed by atoms with Crippen LogP contribution in [0.15, 0.2) is 18.2 Å². The van der Waals surface area contributed by atoms with Crippen molar-refractivity contribution in [3.8, 4) is 0 Å². The van der Waals surface area contributed by atoms with Crippen LogP contribution in [-0.2, 0) is 14.8 Å². The lowest BCUT2D eigenvalue weighted by Crippen LogP contribution is -2.51. The first-order valence-corrected chi connectivity index (χ1v) is 11.3. The van der Waals surface area contributed by atoms with Crippen LogP contribution in [0.5, 0.6) is 0 Å². The third-order valence-electron chi connectivity index (χ3n) is 5.27. The van der Waals surface area contributed by atoms with Gasteiger partial charge in [-0.25, -0.2) is 8.42 Å². The Hall–Kier alpha value is -1.15. The molecule has 2 heterocycles. The molecule has 1 aromatic carbocycles. The predicted molar refractivity (Wildman–Crippen MR) is 105 cm³/mol. The fourth-order valence-electron chi connectivity index (χ4n) is 3.89. The Bertz CT molecular complexity index is 694. The molecule has 1 N–H and O–H groups in total. The number of rotatable bonds is 5. The Morgan fingerprint density at radius 1 is 1.12 bits per heavy atom. The van der Waals surface area contributed by atoms with Crippen molar-refractivity contribution < 1.29 is 13.2 Å². The van der Waals surface area contributed by atoms with Crippen molar-refractivity contribution in [2.45, 2.75) is 38.8 Å². The topological polar surface area (TPSA) is 61.9 Å².